The highest BCUT2D eigenvalue weighted by molar-refractivity contribution is 5.97. The Kier molecular flexibility index (Phi) is 6.07. The van der Waals surface area contributed by atoms with Gasteiger partial charge in [0.25, 0.3) is 5.91 Å². The first-order valence-corrected chi connectivity index (χ1v) is 8.30. The summed E-state index contributed by atoms with van der Waals surface area (Å²) in [5, 5.41) is 8.72. The van der Waals surface area contributed by atoms with Crippen LogP contribution in [-0.2, 0) is 0 Å². The molecule has 5 N–H and O–H groups in total. The van der Waals surface area contributed by atoms with Crippen molar-refractivity contribution in [3.05, 3.63) is 29.8 Å². The number of carbonyl (C=O) groups excluding carboxylic acids is 2. The number of nitrogens with one attached hydrogen (secondary N) is 3. The van der Waals surface area contributed by atoms with Crippen LogP contribution in [0.5, 0.6) is 0 Å². The first-order chi connectivity index (χ1) is 11.1. The standard InChI is InChI=1S/C17H24N4O2.ClH/c18-11-17(8-1-2-9-17)21-15(22)12-4-3-5-14(10-12)20-16(23)19-13-6-7-13;/h3-5,10,13H,1-2,6-9,11,18H2,(H,21,22)(H2,19,20,23);1H. The van der Waals surface area contributed by atoms with Crippen LogP contribution in [-0.4, -0.2) is 30.1 Å². The number of hydrogen-bond acceptors (Lipinski definition) is 3. The summed E-state index contributed by atoms with van der Waals surface area (Å²) in [5.74, 6) is -0.136. The average molecular weight is 353 g/mol. The number of anilines is 1. The molecule has 0 radical (unpaired) electrons. The average Bonchev–Trinajstić information content (AvgIpc) is 3.23. The predicted octanol–water partition coefficient (Wildman–Crippen LogP) is 2.39. The van der Waals surface area contributed by atoms with Crippen molar-refractivity contribution >= 4 is 30.0 Å². The second-order valence-electron chi connectivity index (χ2n) is 6.60. The van der Waals surface area contributed by atoms with Gasteiger partial charge in [-0.2, -0.15) is 0 Å². The van der Waals surface area contributed by atoms with Crippen LogP contribution in [0.4, 0.5) is 10.5 Å². The number of nitrogens with two attached hydrogens (primary N) is 1. The summed E-state index contributed by atoms with van der Waals surface area (Å²) in [6.07, 6.45) is 6.13. The van der Waals surface area contributed by atoms with Crippen molar-refractivity contribution in [3.8, 4) is 0 Å². The fourth-order valence-electron chi connectivity index (χ4n) is 3.06. The van der Waals surface area contributed by atoms with Crippen molar-refractivity contribution in [1.29, 1.82) is 0 Å². The minimum absolute atomic E-state index is 0. The zero-order chi connectivity index (χ0) is 16.3. The van der Waals surface area contributed by atoms with E-state index in [1.165, 1.54) is 0 Å². The van der Waals surface area contributed by atoms with Gasteiger partial charge >= 0.3 is 6.03 Å². The largest absolute Gasteiger partial charge is 0.345 e. The molecule has 1 aromatic carbocycles. The third kappa shape index (κ3) is 4.61. The van der Waals surface area contributed by atoms with E-state index in [-0.39, 0.29) is 29.9 Å². The third-order valence-corrected chi connectivity index (χ3v) is 4.63. The molecule has 132 valence electrons. The van der Waals surface area contributed by atoms with E-state index >= 15 is 0 Å². The summed E-state index contributed by atoms with van der Waals surface area (Å²) in [7, 11) is 0. The minimum atomic E-state index is -0.274. The molecule has 0 saturated heterocycles. The molecule has 0 heterocycles. The van der Waals surface area contributed by atoms with Crippen molar-refractivity contribution in [2.24, 2.45) is 5.73 Å². The molecule has 2 aliphatic carbocycles. The maximum absolute atomic E-state index is 12.5. The summed E-state index contributed by atoms with van der Waals surface area (Å²) in [5.41, 5.74) is 6.74. The summed E-state index contributed by atoms with van der Waals surface area (Å²) in [6.45, 7) is 0.459. The number of rotatable bonds is 5. The molecule has 3 rings (SSSR count). The molecule has 0 bridgehead atoms. The Morgan fingerprint density at radius 1 is 1.21 bits per heavy atom. The molecule has 0 spiro atoms. The molecule has 7 heteroatoms. The lowest BCUT2D eigenvalue weighted by atomic mass is 9.97. The maximum atomic E-state index is 12.5. The van der Waals surface area contributed by atoms with E-state index in [4.69, 9.17) is 5.73 Å². The number of halogens is 1. The van der Waals surface area contributed by atoms with E-state index in [9.17, 15) is 9.59 Å². The van der Waals surface area contributed by atoms with Crippen LogP contribution in [0.1, 0.15) is 48.9 Å². The molecule has 6 nitrogen and oxygen atoms in total. The highest BCUT2D eigenvalue weighted by atomic mass is 35.5. The van der Waals surface area contributed by atoms with Crippen LogP contribution in [0.2, 0.25) is 0 Å². The second-order valence-corrected chi connectivity index (χ2v) is 6.60. The Bertz CT molecular complexity index is 598. The molecule has 2 saturated carbocycles. The Morgan fingerprint density at radius 2 is 1.92 bits per heavy atom. The zero-order valence-corrected chi connectivity index (χ0v) is 14.5. The highest BCUT2D eigenvalue weighted by Crippen LogP contribution is 2.29. The maximum Gasteiger partial charge on any atom is 0.319 e. The first-order valence-electron chi connectivity index (χ1n) is 8.30. The van der Waals surface area contributed by atoms with Crippen molar-refractivity contribution in [1.82, 2.24) is 10.6 Å². The normalized spacial score (nSPS) is 18.4. The SMILES string of the molecule is Cl.NCC1(NC(=O)c2cccc(NC(=O)NC3CC3)c2)CCCC1. The lowest BCUT2D eigenvalue weighted by molar-refractivity contribution is 0.0903. The highest BCUT2D eigenvalue weighted by Gasteiger charge is 2.34. The molecule has 2 aliphatic rings. The molecule has 2 fully saturated rings. The van der Waals surface area contributed by atoms with Gasteiger partial charge in [0.1, 0.15) is 0 Å². The van der Waals surface area contributed by atoms with Gasteiger partial charge < -0.3 is 21.7 Å². The number of benzene rings is 1. The van der Waals surface area contributed by atoms with E-state index in [1.54, 1.807) is 24.3 Å². The number of urea groups is 1. The lowest BCUT2D eigenvalue weighted by Crippen LogP contribution is -2.51. The Hall–Kier alpha value is -1.79. The van der Waals surface area contributed by atoms with Gasteiger partial charge in [-0.1, -0.05) is 18.9 Å². The number of amides is 3. The van der Waals surface area contributed by atoms with Crippen LogP contribution in [0.3, 0.4) is 0 Å². The predicted molar refractivity (Wildman–Crippen MR) is 96.6 cm³/mol. The lowest BCUT2D eigenvalue weighted by Gasteiger charge is -2.28. The summed E-state index contributed by atoms with van der Waals surface area (Å²) >= 11 is 0. The molecule has 24 heavy (non-hydrogen) atoms. The van der Waals surface area contributed by atoms with E-state index < -0.39 is 0 Å². The minimum Gasteiger partial charge on any atom is -0.345 e. The quantitative estimate of drug-likeness (QED) is 0.655. The van der Waals surface area contributed by atoms with E-state index in [0.717, 1.165) is 38.5 Å². The monoisotopic (exact) mass is 352 g/mol. The molecule has 3 amide bonds. The topological polar surface area (TPSA) is 96.2 Å². The fourth-order valence-corrected chi connectivity index (χ4v) is 3.06. The summed E-state index contributed by atoms with van der Waals surface area (Å²) in [4.78, 5) is 24.3. The van der Waals surface area contributed by atoms with Crippen LogP contribution < -0.4 is 21.7 Å². The smallest absolute Gasteiger partial charge is 0.319 e. The second kappa shape index (κ2) is 7.85. The molecule has 0 aromatic heterocycles. The van der Waals surface area contributed by atoms with E-state index in [0.29, 0.717) is 23.8 Å². The van der Waals surface area contributed by atoms with E-state index in [2.05, 4.69) is 16.0 Å². The number of hydrogen-bond donors (Lipinski definition) is 4. The molecule has 0 unspecified atom stereocenters. The Balaban J connectivity index is 0.00000208. The van der Waals surface area contributed by atoms with Gasteiger partial charge in [0.2, 0.25) is 0 Å². The third-order valence-electron chi connectivity index (χ3n) is 4.63. The molecular weight excluding hydrogens is 328 g/mol. The van der Waals surface area contributed by atoms with Crippen LogP contribution in [0.15, 0.2) is 24.3 Å². The van der Waals surface area contributed by atoms with Crippen molar-refractivity contribution in [2.75, 3.05) is 11.9 Å². The van der Waals surface area contributed by atoms with E-state index in [1.807, 2.05) is 0 Å². The molecule has 0 aliphatic heterocycles. The molecular formula is C17H25ClN4O2. The van der Waals surface area contributed by atoms with Gasteiger partial charge in [-0.25, -0.2) is 4.79 Å². The van der Waals surface area contributed by atoms with Gasteiger partial charge in [0, 0.05) is 23.8 Å². The number of carbonyl (C=O) groups is 2. The summed E-state index contributed by atoms with van der Waals surface area (Å²) < 4.78 is 0. The molecule has 1 aromatic rings. The van der Waals surface area contributed by atoms with Crippen molar-refractivity contribution < 1.29 is 9.59 Å². The zero-order valence-electron chi connectivity index (χ0n) is 13.6. The Labute approximate surface area is 148 Å². The van der Waals surface area contributed by atoms with Gasteiger partial charge in [-0.3, -0.25) is 4.79 Å². The van der Waals surface area contributed by atoms with Gasteiger partial charge in [0.05, 0.1) is 5.54 Å². The first kappa shape index (κ1) is 18.5. The van der Waals surface area contributed by atoms with Gasteiger partial charge in [-0.15, -0.1) is 12.4 Å². The Morgan fingerprint density at radius 3 is 2.54 bits per heavy atom. The van der Waals surface area contributed by atoms with Crippen molar-refractivity contribution in [3.63, 3.8) is 0 Å². The van der Waals surface area contributed by atoms with Crippen LogP contribution in [0.25, 0.3) is 0 Å². The van der Waals surface area contributed by atoms with Crippen LogP contribution >= 0.6 is 12.4 Å². The molecule has 0 atom stereocenters. The van der Waals surface area contributed by atoms with Crippen molar-refractivity contribution in [2.45, 2.75) is 50.1 Å². The van der Waals surface area contributed by atoms with Gasteiger partial charge in [0.15, 0.2) is 0 Å². The van der Waals surface area contributed by atoms with Crippen LogP contribution in [0, 0.1) is 0 Å². The summed E-state index contributed by atoms with van der Waals surface area (Å²) in [6, 6.07) is 7.06. The van der Waals surface area contributed by atoms with Gasteiger partial charge in [-0.05, 0) is 43.9 Å². The fraction of sp³-hybridized carbons (Fsp3) is 0.529.